The number of aromatic amines is 2. The number of nitro benzene ring substituents is 1. The molecule has 10 heteroatoms. The summed E-state index contributed by atoms with van der Waals surface area (Å²) in [6.45, 7) is 2.12. The molecule has 2 aromatic carbocycles. The second-order valence-corrected chi connectivity index (χ2v) is 6.35. The molecule has 0 atom stereocenters. The molecule has 144 valence electrons. The molecule has 0 saturated carbocycles. The van der Waals surface area contributed by atoms with Crippen molar-refractivity contribution in [2.24, 2.45) is 0 Å². The van der Waals surface area contributed by atoms with Crippen LogP contribution in [0.2, 0.25) is 0 Å². The molecule has 0 aliphatic carbocycles. The summed E-state index contributed by atoms with van der Waals surface area (Å²) in [5.74, 6) is -0.478. The van der Waals surface area contributed by atoms with Crippen LogP contribution in [0.1, 0.15) is 10.4 Å². The summed E-state index contributed by atoms with van der Waals surface area (Å²) in [5, 5.41) is 14.2. The Labute approximate surface area is 158 Å². The maximum absolute atomic E-state index is 12.6. The number of anilines is 2. The van der Waals surface area contributed by atoms with E-state index < -0.39 is 10.8 Å². The Morgan fingerprint density at radius 2 is 1.86 bits per heavy atom. The van der Waals surface area contributed by atoms with Crippen molar-refractivity contribution >= 4 is 34.0 Å². The fourth-order valence-corrected chi connectivity index (χ4v) is 3.20. The van der Waals surface area contributed by atoms with Gasteiger partial charge in [0.2, 0.25) is 0 Å². The normalized spacial score (nSPS) is 14.2. The van der Waals surface area contributed by atoms with Crippen LogP contribution in [0, 0.1) is 10.1 Å². The van der Waals surface area contributed by atoms with Crippen molar-refractivity contribution in [3.8, 4) is 0 Å². The summed E-state index contributed by atoms with van der Waals surface area (Å²) in [4.78, 5) is 42.0. The molecule has 0 radical (unpaired) electrons. The van der Waals surface area contributed by atoms with Gasteiger partial charge in [0, 0.05) is 30.4 Å². The molecule has 1 saturated heterocycles. The van der Waals surface area contributed by atoms with Gasteiger partial charge in [-0.2, -0.15) is 0 Å². The number of H-pyrrole nitrogens is 2. The average molecular weight is 383 g/mol. The number of imidazole rings is 1. The summed E-state index contributed by atoms with van der Waals surface area (Å²) in [6, 6.07) is 9.33. The molecule has 0 spiro atoms. The molecule has 1 aliphatic heterocycles. The Bertz CT molecular complexity index is 1110. The van der Waals surface area contributed by atoms with E-state index in [9.17, 15) is 19.7 Å². The number of aromatic nitrogens is 2. The molecule has 4 rings (SSSR count). The van der Waals surface area contributed by atoms with E-state index >= 15 is 0 Å². The summed E-state index contributed by atoms with van der Waals surface area (Å²) >= 11 is 0. The lowest BCUT2D eigenvalue weighted by Gasteiger charge is -2.28. The zero-order valence-corrected chi connectivity index (χ0v) is 14.7. The Hall–Kier alpha value is -3.66. The molecule has 1 fully saturated rings. The number of morpholine rings is 1. The number of ether oxygens (including phenoxy) is 1. The van der Waals surface area contributed by atoms with Gasteiger partial charge >= 0.3 is 5.69 Å². The molecular weight excluding hydrogens is 366 g/mol. The molecule has 3 N–H and O–H groups in total. The van der Waals surface area contributed by atoms with Crippen LogP contribution in [0.5, 0.6) is 0 Å². The van der Waals surface area contributed by atoms with E-state index in [4.69, 9.17) is 4.74 Å². The van der Waals surface area contributed by atoms with Crippen LogP contribution in [-0.2, 0) is 4.74 Å². The van der Waals surface area contributed by atoms with Crippen LogP contribution in [0.25, 0.3) is 11.0 Å². The van der Waals surface area contributed by atoms with Gasteiger partial charge in [-0.05, 0) is 30.3 Å². The van der Waals surface area contributed by atoms with Gasteiger partial charge in [-0.15, -0.1) is 0 Å². The number of fused-ring (bicyclic) bond motifs is 1. The first kappa shape index (κ1) is 17.7. The second-order valence-electron chi connectivity index (χ2n) is 6.35. The summed E-state index contributed by atoms with van der Waals surface area (Å²) in [5.41, 5.74) is 1.81. The van der Waals surface area contributed by atoms with E-state index in [1.165, 1.54) is 6.07 Å². The fourth-order valence-electron chi connectivity index (χ4n) is 3.20. The van der Waals surface area contributed by atoms with Crippen LogP contribution in [0.15, 0.2) is 41.2 Å². The van der Waals surface area contributed by atoms with Gasteiger partial charge in [-0.3, -0.25) is 14.9 Å². The minimum atomic E-state index is -0.488. The highest BCUT2D eigenvalue weighted by Gasteiger charge is 2.23. The van der Waals surface area contributed by atoms with Crippen molar-refractivity contribution in [2.45, 2.75) is 0 Å². The number of carbonyl (C=O) groups is 1. The van der Waals surface area contributed by atoms with Crippen LogP contribution < -0.4 is 15.9 Å². The van der Waals surface area contributed by atoms with Crippen molar-refractivity contribution in [2.75, 3.05) is 36.5 Å². The number of benzene rings is 2. The average Bonchev–Trinajstić information content (AvgIpc) is 3.07. The van der Waals surface area contributed by atoms with Crippen LogP contribution in [-0.4, -0.2) is 47.1 Å². The minimum Gasteiger partial charge on any atom is -0.378 e. The first-order valence-electron chi connectivity index (χ1n) is 8.66. The minimum absolute atomic E-state index is 0.125. The maximum Gasteiger partial charge on any atom is 0.323 e. The van der Waals surface area contributed by atoms with Gasteiger partial charge in [0.1, 0.15) is 5.69 Å². The van der Waals surface area contributed by atoms with E-state index in [-0.39, 0.29) is 16.9 Å². The largest absolute Gasteiger partial charge is 0.378 e. The molecule has 3 aromatic rings. The molecule has 1 aromatic heterocycles. The summed E-state index contributed by atoms with van der Waals surface area (Å²) in [7, 11) is 0. The molecule has 0 bridgehead atoms. The number of hydrogen-bond acceptors (Lipinski definition) is 6. The van der Waals surface area contributed by atoms with Crippen molar-refractivity contribution < 1.29 is 14.5 Å². The van der Waals surface area contributed by atoms with Crippen LogP contribution >= 0.6 is 0 Å². The number of nitrogens with one attached hydrogen (secondary N) is 3. The highest BCUT2D eigenvalue weighted by Crippen LogP contribution is 2.30. The van der Waals surface area contributed by atoms with Crippen LogP contribution in [0.3, 0.4) is 0 Å². The first-order chi connectivity index (χ1) is 13.5. The summed E-state index contributed by atoms with van der Waals surface area (Å²) < 4.78 is 5.28. The molecule has 28 heavy (non-hydrogen) atoms. The lowest BCUT2D eigenvalue weighted by molar-refractivity contribution is -0.384. The van der Waals surface area contributed by atoms with Gasteiger partial charge in [0.25, 0.3) is 11.6 Å². The molecule has 1 aliphatic rings. The van der Waals surface area contributed by atoms with Crippen molar-refractivity contribution in [3.63, 3.8) is 0 Å². The Balaban J connectivity index is 1.60. The number of nitro groups is 1. The zero-order chi connectivity index (χ0) is 19.7. The lowest BCUT2D eigenvalue weighted by Crippen LogP contribution is -2.36. The van der Waals surface area contributed by atoms with Gasteiger partial charge in [-0.1, -0.05) is 0 Å². The fraction of sp³-hybridized carbons (Fsp3) is 0.222. The van der Waals surface area contributed by atoms with E-state index in [0.29, 0.717) is 48.7 Å². The zero-order valence-electron chi connectivity index (χ0n) is 14.7. The van der Waals surface area contributed by atoms with E-state index in [2.05, 4.69) is 15.3 Å². The molecule has 1 amide bonds. The smallest absolute Gasteiger partial charge is 0.323 e. The standard InChI is InChI=1S/C18H17N5O5/c24-17(19-12-2-3-13-14(10-12)21-18(25)20-13)11-1-4-15(16(9-11)23(26)27)22-5-7-28-8-6-22/h1-4,9-10H,5-8H2,(H,19,24)(H2,20,21,25). The molecule has 0 unspecified atom stereocenters. The number of carbonyl (C=O) groups excluding carboxylic acids is 1. The second kappa shape index (κ2) is 7.16. The van der Waals surface area contributed by atoms with Gasteiger partial charge in [0.05, 0.1) is 29.2 Å². The van der Waals surface area contributed by atoms with Crippen LogP contribution in [0.4, 0.5) is 17.1 Å². The number of rotatable bonds is 4. The van der Waals surface area contributed by atoms with Crippen molar-refractivity contribution in [1.29, 1.82) is 0 Å². The number of hydrogen-bond donors (Lipinski definition) is 3. The van der Waals surface area contributed by atoms with E-state index in [0.717, 1.165) is 0 Å². The highest BCUT2D eigenvalue weighted by molar-refractivity contribution is 6.05. The van der Waals surface area contributed by atoms with Gasteiger partial charge < -0.3 is 24.9 Å². The third kappa shape index (κ3) is 3.45. The monoisotopic (exact) mass is 383 g/mol. The van der Waals surface area contributed by atoms with Gasteiger partial charge in [-0.25, -0.2) is 4.79 Å². The first-order valence-corrected chi connectivity index (χ1v) is 8.66. The number of nitrogens with zero attached hydrogens (tertiary/aromatic N) is 2. The Morgan fingerprint density at radius 1 is 1.11 bits per heavy atom. The quantitative estimate of drug-likeness (QED) is 0.465. The lowest BCUT2D eigenvalue weighted by atomic mass is 10.1. The highest BCUT2D eigenvalue weighted by atomic mass is 16.6. The molecular formula is C18H17N5O5. The van der Waals surface area contributed by atoms with Gasteiger partial charge in [0.15, 0.2) is 0 Å². The third-order valence-corrected chi connectivity index (χ3v) is 4.56. The third-order valence-electron chi connectivity index (χ3n) is 4.56. The van der Waals surface area contributed by atoms with E-state index in [1.807, 2.05) is 4.90 Å². The molecule has 2 heterocycles. The predicted molar refractivity (Wildman–Crippen MR) is 103 cm³/mol. The van der Waals surface area contributed by atoms with E-state index in [1.54, 1.807) is 30.3 Å². The Morgan fingerprint density at radius 3 is 2.61 bits per heavy atom. The molecule has 10 nitrogen and oxygen atoms in total. The SMILES string of the molecule is O=C(Nc1ccc2[nH]c(=O)[nH]c2c1)c1ccc(N2CCOCC2)c([N+](=O)[O-])c1. The van der Waals surface area contributed by atoms with Crippen molar-refractivity contribution in [1.82, 2.24) is 9.97 Å². The summed E-state index contributed by atoms with van der Waals surface area (Å²) in [6.07, 6.45) is 0. The number of amides is 1. The maximum atomic E-state index is 12.6. The predicted octanol–water partition coefficient (Wildman–Crippen LogP) is 1.85. The van der Waals surface area contributed by atoms with Crippen molar-refractivity contribution in [3.05, 3.63) is 62.6 Å². The Kier molecular flexibility index (Phi) is 4.53. The topological polar surface area (TPSA) is 133 Å².